The Balaban J connectivity index is 2.33. The van der Waals surface area contributed by atoms with Crippen LogP contribution in [0.15, 0.2) is 47.4 Å². The standard InChI is InChI=1S/C14H12F3NO3S/c1-22(19,20)11-6-7-12(13(18)8-11)9-2-4-10(5-3-9)21-14(15,16)17/h2-8H,18H2,1H3. The Bertz CT molecular complexity index is 784. The number of anilines is 1. The average Bonchev–Trinajstić information content (AvgIpc) is 2.37. The molecular formula is C14H12F3NO3S. The summed E-state index contributed by atoms with van der Waals surface area (Å²) in [5, 5.41) is 0. The first-order chi connectivity index (χ1) is 10.1. The zero-order valence-electron chi connectivity index (χ0n) is 11.4. The Kier molecular flexibility index (Phi) is 4.06. The van der Waals surface area contributed by atoms with Crippen LogP contribution < -0.4 is 10.5 Å². The van der Waals surface area contributed by atoms with Crippen molar-refractivity contribution in [3.8, 4) is 16.9 Å². The first kappa shape index (κ1) is 16.2. The van der Waals surface area contributed by atoms with Crippen molar-refractivity contribution in [2.45, 2.75) is 11.3 Å². The van der Waals surface area contributed by atoms with Crippen LogP contribution in [0.1, 0.15) is 0 Å². The smallest absolute Gasteiger partial charge is 0.406 e. The van der Waals surface area contributed by atoms with Gasteiger partial charge in [-0.2, -0.15) is 0 Å². The third kappa shape index (κ3) is 3.91. The van der Waals surface area contributed by atoms with Gasteiger partial charge in [-0.25, -0.2) is 8.42 Å². The summed E-state index contributed by atoms with van der Waals surface area (Å²) in [6, 6.07) is 9.34. The summed E-state index contributed by atoms with van der Waals surface area (Å²) in [5.74, 6) is -0.345. The molecule has 0 bridgehead atoms. The fraction of sp³-hybridized carbons (Fsp3) is 0.143. The predicted molar refractivity (Wildman–Crippen MR) is 76.1 cm³/mol. The summed E-state index contributed by atoms with van der Waals surface area (Å²) in [6.07, 6.45) is -3.69. The average molecular weight is 331 g/mol. The van der Waals surface area contributed by atoms with Gasteiger partial charge in [0.15, 0.2) is 9.84 Å². The molecule has 0 saturated heterocycles. The summed E-state index contributed by atoms with van der Waals surface area (Å²) in [4.78, 5) is 0.0748. The molecule has 2 N–H and O–H groups in total. The van der Waals surface area contributed by atoms with Crippen molar-refractivity contribution in [2.24, 2.45) is 0 Å². The van der Waals surface area contributed by atoms with E-state index in [1.165, 1.54) is 30.3 Å². The molecule has 0 unspecified atom stereocenters. The Morgan fingerprint density at radius 2 is 1.64 bits per heavy atom. The van der Waals surface area contributed by atoms with Gasteiger partial charge in [-0.15, -0.1) is 13.2 Å². The lowest BCUT2D eigenvalue weighted by atomic mass is 10.0. The maximum atomic E-state index is 12.1. The number of hydrogen-bond acceptors (Lipinski definition) is 4. The van der Waals surface area contributed by atoms with Crippen LogP contribution in [0.25, 0.3) is 11.1 Å². The number of benzene rings is 2. The molecule has 0 aliphatic carbocycles. The molecule has 8 heteroatoms. The Morgan fingerprint density at radius 3 is 2.09 bits per heavy atom. The number of sulfone groups is 1. The molecule has 2 rings (SSSR count). The van der Waals surface area contributed by atoms with Gasteiger partial charge in [0, 0.05) is 17.5 Å². The van der Waals surface area contributed by atoms with Crippen molar-refractivity contribution in [2.75, 3.05) is 12.0 Å². The van der Waals surface area contributed by atoms with Crippen molar-refractivity contribution in [1.29, 1.82) is 0 Å². The van der Waals surface area contributed by atoms with Crippen LogP contribution in [0.4, 0.5) is 18.9 Å². The molecule has 0 spiro atoms. The van der Waals surface area contributed by atoms with Crippen LogP contribution in [-0.4, -0.2) is 21.0 Å². The van der Waals surface area contributed by atoms with E-state index in [2.05, 4.69) is 4.74 Å². The molecule has 2 aromatic carbocycles. The molecule has 0 radical (unpaired) electrons. The number of hydrogen-bond donors (Lipinski definition) is 1. The van der Waals surface area contributed by atoms with Gasteiger partial charge >= 0.3 is 6.36 Å². The number of alkyl halides is 3. The fourth-order valence-electron chi connectivity index (χ4n) is 1.87. The predicted octanol–water partition coefficient (Wildman–Crippen LogP) is 3.24. The van der Waals surface area contributed by atoms with E-state index in [-0.39, 0.29) is 16.3 Å². The highest BCUT2D eigenvalue weighted by atomic mass is 32.2. The van der Waals surface area contributed by atoms with Gasteiger partial charge in [0.05, 0.1) is 4.90 Å². The minimum atomic E-state index is -4.75. The van der Waals surface area contributed by atoms with Crippen LogP contribution in [0.5, 0.6) is 5.75 Å². The normalized spacial score (nSPS) is 12.2. The van der Waals surface area contributed by atoms with Crippen LogP contribution >= 0.6 is 0 Å². The number of rotatable bonds is 3. The number of halogens is 3. The number of nitrogens with two attached hydrogens (primary N) is 1. The first-order valence-corrected chi connectivity index (χ1v) is 7.91. The van der Waals surface area contributed by atoms with Crippen molar-refractivity contribution in [3.05, 3.63) is 42.5 Å². The summed E-state index contributed by atoms with van der Waals surface area (Å²) < 4.78 is 62.9. The SMILES string of the molecule is CS(=O)(=O)c1ccc(-c2ccc(OC(F)(F)F)cc2)c(N)c1. The fourth-order valence-corrected chi connectivity index (χ4v) is 2.53. The molecule has 2 aromatic rings. The second-order valence-corrected chi connectivity index (χ2v) is 6.61. The van der Waals surface area contributed by atoms with E-state index >= 15 is 0 Å². The molecule has 0 heterocycles. The molecule has 0 aromatic heterocycles. The Hall–Kier alpha value is -2.22. The van der Waals surface area contributed by atoms with E-state index in [1.807, 2.05) is 0 Å². The van der Waals surface area contributed by atoms with Crippen LogP contribution in [-0.2, 0) is 9.84 Å². The third-order valence-corrected chi connectivity index (χ3v) is 3.96. The number of ether oxygens (including phenoxy) is 1. The van der Waals surface area contributed by atoms with Gasteiger partial charge in [0.1, 0.15) is 5.75 Å². The van der Waals surface area contributed by atoms with Crippen molar-refractivity contribution < 1.29 is 26.3 Å². The zero-order chi connectivity index (χ0) is 16.5. The molecule has 0 saturated carbocycles. The van der Waals surface area contributed by atoms with Gasteiger partial charge in [-0.05, 0) is 29.8 Å². The van der Waals surface area contributed by atoms with E-state index < -0.39 is 16.2 Å². The maximum Gasteiger partial charge on any atom is 0.573 e. The lowest BCUT2D eigenvalue weighted by Gasteiger charge is -2.11. The molecule has 0 atom stereocenters. The van der Waals surface area contributed by atoms with Gasteiger partial charge in [-0.3, -0.25) is 0 Å². The van der Waals surface area contributed by atoms with Gasteiger partial charge < -0.3 is 10.5 Å². The zero-order valence-corrected chi connectivity index (χ0v) is 12.2. The van der Waals surface area contributed by atoms with Crippen molar-refractivity contribution >= 4 is 15.5 Å². The lowest BCUT2D eigenvalue weighted by molar-refractivity contribution is -0.274. The summed E-state index contributed by atoms with van der Waals surface area (Å²) in [5.41, 5.74) is 7.10. The molecule has 0 amide bonds. The molecule has 4 nitrogen and oxygen atoms in total. The molecule has 0 aliphatic rings. The highest BCUT2D eigenvalue weighted by molar-refractivity contribution is 7.90. The monoisotopic (exact) mass is 331 g/mol. The summed E-state index contributed by atoms with van der Waals surface area (Å²) in [6.45, 7) is 0. The van der Waals surface area contributed by atoms with Gasteiger partial charge in [0.2, 0.25) is 0 Å². The summed E-state index contributed by atoms with van der Waals surface area (Å²) in [7, 11) is -3.38. The summed E-state index contributed by atoms with van der Waals surface area (Å²) >= 11 is 0. The van der Waals surface area contributed by atoms with Crippen molar-refractivity contribution in [1.82, 2.24) is 0 Å². The minimum Gasteiger partial charge on any atom is -0.406 e. The van der Waals surface area contributed by atoms with Crippen LogP contribution in [0.3, 0.4) is 0 Å². The lowest BCUT2D eigenvalue weighted by Crippen LogP contribution is -2.16. The van der Waals surface area contributed by atoms with Crippen LogP contribution in [0.2, 0.25) is 0 Å². The quantitative estimate of drug-likeness (QED) is 0.877. The highest BCUT2D eigenvalue weighted by Gasteiger charge is 2.30. The second-order valence-electron chi connectivity index (χ2n) is 4.59. The van der Waals surface area contributed by atoms with E-state index in [0.29, 0.717) is 11.1 Å². The van der Waals surface area contributed by atoms with Crippen molar-refractivity contribution in [3.63, 3.8) is 0 Å². The highest BCUT2D eigenvalue weighted by Crippen LogP contribution is 2.30. The Labute approximate surface area is 125 Å². The molecule has 0 aliphatic heterocycles. The van der Waals surface area contributed by atoms with Crippen LogP contribution in [0, 0.1) is 0 Å². The van der Waals surface area contributed by atoms with E-state index in [0.717, 1.165) is 18.4 Å². The second kappa shape index (κ2) is 5.53. The Morgan fingerprint density at radius 1 is 1.05 bits per heavy atom. The topological polar surface area (TPSA) is 69.4 Å². The molecule has 22 heavy (non-hydrogen) atoms. The van der Waals surface area contributed by atoms with Gasteiger partial charge in [-0.1, -0.05) is 18.2 Å². The molecule has 0 fully saturated rings. The number of nitrogen functional groups attached to an aromatic ring is 1. The maximum absolute atomic E-state index is 12.1. The van der Waals surface area contributed by atoms with E-state index in [1.54, 1.807) is 0 Å². The minimum absolute atomic E-state index is 0.0748. The largest absolute Gasteiger partial charge is 0.573 e. The molecular weight excluding hydrogens is 319 g/mol. The first-order valence-electron chi connectivity index (χ1n) is 6.02. The van der Waals surface area contributed by atoms with E-state index in [9.17, 15) is 21.6 Å². The third-order valence-electron chi connectivity index (χ3n) is 2.85. The molecule has 118 valence electrons. The van der Waals surface area contributed by atoms with Gasteiger partial charge in [0.25, 0.3) is 0 Å². The van der Waals surface area contributed by atoms with E-state index in [4.69, 9.17) is 5.73 Å².